The van der Waals surface area contributed by atoms with Crippen LogP contribution < -0.4 is 5.32 Å². The molecule has 130 valence electrons. The number of H-pyrrole nitrogens is 1. The van der Waals surface area contributed by atoms with Crippen LogP contribution in [0.1, 0.15) is 16.8 Å². The van der Waals surface area contributed by atoms with Gasteiger partial charge in [0.1, 0.15) is 5.82 Å². The molecule has 2 N–H and O–H groups in total. The molecular formula is C20H16ClFN4. The van der Waals surface area contributed by atoms with E-state index in [9.17, 15) is 4.39 Å². The highest BCUT2D eigenvalue weighted by Gasteiger charge is 2.10. The highest BCUT2D eigenvalue weighted by Crippen LogP contribution is 2.25. The molecule has 4 rings (SSSR count). The van der Waals surface area contributed by atoms with Crippen molar-refractivity contribution in [1.29, 1.82) is 0 Å². The van der Waals surface area contributed by atoms with Gasteiger partial charge in [-0.2, -0.15) is 4.39 Å². The van der Waals surface area contributed by atoms with Crippen LogP contribution in [0.4, 0.5) is 15.9 Å². The molecule has 26 heavy (non-hydrogen) atoms. The molecular weight excluding hydrogens is 351 g/mol. The number of rotatable bonds is 4. The Kier molecular flexibility index (Phi) is 4.31. The Bertz CT molecular complexity index is 1070. The second-order valence-electron chi connectivity index (χ2n) is 6.14. The lowest BCUT2D eigenvalue weighted by molar-refractivity contribution is 0.572. The summed E-state index contributed by atoms with van der Waals surface area (Å²) in [5.74, 6) is -0.0506. The minimum Gasteiger partial charge on any atom is -0.361 e. The van der Waals surface area contributed by atoms with Gasteiger partial charge in [0.2, 0.25) is 5.95 Å². The molecule has 4 nitrogen and oxygen atoms in total. The van der Waals surface area contributed by atoms with Gasteiger partial charge in [-0.15, -0.1) is 0 Å². The van der Waals surface area contributed by atoms with Gasteiger partial charge in [0, 0.05) is 39.8 Å². The smallest absolute Gasteiger partial charge is 0.218 e. The maximum atomic E-state index is 14.5. The summed E-state index contributed by atoms with van der Waals surface area (Å²) in [5, 5.41) is 4.70. The van der Waals surface area contributed by atoms with Gasteiger partial charge < -0.3 is 10.3 Å². The minimum absolute atomic E-state index is 0.436. The van der Waals surface area contributed by atoms with Crippen LogP contribution in [-0.2, 0) is 6.42 Å². The molecule has 3 heterocycles. The summed E-state index contributed by atoms with van der Waals surface area (Å²) in [6, 6.07) is 12.9. The summed E-state index contributed by atoms with van der Waals surface area (Å²) in [6.45, 7) is 1.91. The van der Waals surface area contributed by atoms with E-state index in [0.717, 1.165) is 27.8 Å². The normalized spacial score (nSPS) is 11.0. The molecule has 0 fully saturated rings. The fourth-order valence-electron chi connectivity index (χ4n) is 2.86. The minimum atomic E-state index is -0.494. The number of aryl methyl sites for hydroxylation is 1. The third-order valence-electron chi connectivity index (χ3n) is 4.22. The Morgan fingerprint density at radius 3 is 2.77 bits per heavy atom. The average molecular weight is 367 g/mol. The SMILES string of the molecule is Cc1ccc(Nc2ccc(Cc3c[nH]c4ccc(Cl)cc34)c(F)n2)cn1. The molecule has 0 saturated heterocycles. The number of hydrogen-bond acceptors (Lipinski definition) is 3. The first-order valence-corrected chi connectivity index (χ1v) is 8.57. The largest absolute Gasteiger partial charge is 0.361 e. The van der Waals surface area contributed by atoms with Crippen molar-refractivity contribution < 1.29 is 4.39 Å². The molecule has 0 aliphatic rings. The van der Waals surface area contributed by atoms with E-state index in [1.807, 2.05) is 43.5 Å². The topological polar surface area (TPSA) is 53.6 Å². The molecule has 0 unspecified atom stereocenters. The number of hydrogen-bond donors (Lipinski definition) is 2. The van der Waals surface area contributed by atoms with Crippen molar-refractivity contribution in [2.75, 3.05) is 5.32 Å². The molecule has 4 aromatic rings. The lowest BCUT2D eigenvalue weighted by Crippen LogP contribution is -2.00. The highest BCUT2D eigenvalue weighted by atomic mass is 35.5. The molecule has 1 aromatic carbocycles. The molecule has 0 radical (unpaired) electrons. The Morgan fingerprint density at radius 1 is 1.12 bits per heavy atom. The number of pyridine rings is 2. The summed E-state index contributed by atoms with van der Waals surface area (Å²) < 4.78 is 14.5. The Balaban J connectivity index is 1.57. The van der Waals surface area contributed by atoms with Crippen molar-refractivity contribution in [2.45, 2.75) is 13.3 Å². The second kappa shape index (κ2) is 6.77. The lowest BCUT2D eigenvalue weighted by Gasteiger charge is -2.08. The molecule has 0 aliphatic heterocycles. The quantitative estimate of drug-likeness (QED) is 0.476. The first-order valence-electron chi connectivity index (χ1n) is 8.19. The van der Waals surface area contributed by atoms with Gasteiger partial charge in [0.15, 0.2) is 0 Å². The van der Waals surface area contributed by atoms with Crippen LogP contribution in [0, 0.1) is 12.9 Å². The Morgan fingerprint density at radius 2 is 2.00 bits per heavy atom. The van der Waals surface area contributed by atoms with Crippen molar-refractivity contribution in [3.63, 3.8) is 0 Å². The maximum absolute atomic E-state index is 14.5. The van der Waals surface area contributed by atoms with Crippen LogP contribution in [0.3, 0.4) is 0 Å². The number of halogens is 2. The van der Waals surface area contributed by atoms with Crippen LogP contribution in [0.25, 0.3) is 10.9 Å². The van der Waals surface area contributed by atoms with E-state index in [2.05, 4.69) is 20.3 Å². The van der Waals surface area contributed by atoms with Crippen molar-refractivity contribution in [3.8, 4) is 0 Å². The van der Waals surface area contributed by atoms with Crippen molar-refractivity contribution in [1.82, 2.24) is 15.0 Å². The summed E-state index contributed by atoms with van der Waals surface area (Å²) in [5.41, 5.74) is 4.17. The summed E-state index contributed by atoms with van der Waals surface area (Å²) in [7, 11) is 0. The predicted octanol–water partition coefficient (Wildman–Crippen LogP) is 5.39. The van der Waals surface area contributed by atoms with Gasteiger partial charge in [0.25, 0.3) is 0 Å². The lowest BCUT2D eigenvalue weighted by atomic mass is 10.1. The van der Waals surface area contributed by atoms with Gasteiger partial charge in [-0.3, -0.25) is 4.98 Å². The first kappa shape index (κ1) is 16.5. The second-order valence-corrected chi connectivity index (χ2v) is 6.58. The van der Waals surface area contributed by atoms with Crippen LogP contribution in [0.15, 0.2) is 54.9 Å². The monoisotopic (exact) mass is 366 g/mol. The predicted molar refractivity (Wildman–Crippen MR) is 103 cm³/mol. The van der Waals surface area contributed by atoms with Gasteiger partial charge in [0.05, 0.1) is 11.9 Å². The van der Waals surface area contributed by atoms with Crippen molar-refractivity contribution in [2.24, 2.45) is 0 Å². The molecule has 6 heteroatoms. The van der Waals surface area contributed by atoms with Gasteiger partial charge in [-0.25, -0.2) is 4.98 Å². The summed E-state index contributed by atoms with van der Waals surface area (Å²) >= 11 is 6.08. The third-order valence-corrected chi connectivity index (χ3v) is 4.46. The molecule has 0 spiro atoms. The van der Waals surface area contributed by atoms with Crippen molar-refractivity contribution in [3.05, 3.63) is 82.6 Å². The number of aromatic amines is 1. The Hall–Kier alpha value is -2.92. The fourth-order valence-corrected chi connectivity index (χ4v) is 3.03. The number of anilines is 2. The molecule has 0 atom stereocenters. The van der Waals surface area contributed by atoms with E-state index >= 15 is 0 Å². The van der Waals surface area contributed by atoms with E-state index in [1.54, 1.807) is 18.3 Å². The standard InChI is InChI=1S/C20H16ClFN4/c1-12-2-5-16(11-23-12)25-19-7-3-13(20(22)26-19)8-14-10-24-18-6-4-15(21)9-17(14)18/h2-7,9-11,24H,8H2,1H3,(H,25,26). The van der Waals surface area contributed by atoms with E-state index in [0.29, 0.717) is 22.8 Å². The number of aromatic nitrogens is 3. The van der Waals surface area contributed by atoms with Crippen molar-refractivity contribution >= 4 is 34.0 Å². The maximum Gasteiger partial charge on any atom is 0.218 e. The fraction of sp³-hybridized carbons (Fsp3) is 0.100. The van der Waals surface area contributed by atoms with Crippen LogP contribution in [0.2, 0.25) is 5.02 Å². The zero-order valence-corrected chi connectivity index (χ0v) is 14.8. The first-order chi connectivity index (χ1) is 12.6. The van der Waals surface area contributed by atoms with E-state index in [-0.39, 0.29) is 0 Å². The van der Waals surface area contributed by atoms with Crippen LogP contribution >= 0.6 is 11.6 Å². The average Bonchev–Trinajstić information content (AvgIpc) is 3.01. The number of nitrogens with one attached hydrogen (secondary N) is 2. The van der Waals surface area contributed by atoms with Crippen LogP contribution in [-0.4, -0.2) is 15.0 Å². The van der Waals surface area contributed by atoms with E-state index < -0.39 is 5.95 Å². The molecule has 3 aromatic heterocycles. The molecule has 0 saturated carbocycles. The van der Waals surface area contributed by atoms with E-state index in [1.165, 1.54) is 0 Å². The van der Waals surface area contributed by atoms with Gasteiger partial charge in [-0.05, 0) is 48.9 Å². The van der Waals surface area contributed by atoms with Gasteiger partial charge >= 0.3 is 0 Å². The third kappa shape index (κ3) is 3.39. The number of fused-ring (bicyclic) bond motifs is 1. The summed E-state index contributed by atoms with van der Waals surface area (Å²) in [6.07, 6.45) is 4.01. The molecule has 0 amide bonds. The molecule has 0 bridgehead atoms. The zero-order chi connectivity index (χ0) is 18.1. The summed E-state index contributed by atoms with van der Waals surface area (Å²) in [4.78, 5) is 11.4. The molecule has 0 aliphatic carbocycles. The van der Waals surface area contributed by atoms with Crippen LogP contribution in [0.5, 0.6) is 0 Å². The zero-order valence-electron chi connectivity index (χ0n) is 14.1. The number of nitrogens with zero attached hydrogens (tertiary/aromatic N) is 2. The number of benzene rings is 1. The Labute approximate surface area is 155 Å². The highest BCUT2D eigenvalue weighted by molar-refractivity contribution is 6.31. The van der Waals surface area contributed by atoms with E-state index in [4.69, 9.17) is 11.6 Å². The van der Waals surface area contributed by atoms with Gasteiger partial charge in [-0.1, -0.05) is 17.7 Å².